The van der Waals surface area contributed by atoms with E-state index in [9.17, 15) is 14.4 Å². The predicted molar refractivity (Wildman–Crippen MR) is 90.5 cm³/mol. The summed E-state index contributed by atoms with van der Waals surface area (Å²) in [7, 11) is 0. The highest BCUT2D eigenvalue weighted by Crippen LogP contribution is 2.32. The van der Waals surface area contributed by atoms with Crippen molar-refractivity contribution in [3.8, 4) is 0 Å². The Morgan fingerprint density at radius 3 is 2.42 bits per heavy atom. The Labute approximate surface area is 146 Å². The van der Waals surface area contributed by atoms with E-state index in [0.717, 1.165) is 24.8 Å². The molecule has 2 fully saturated rings. The van der Waals surface area contributed by atoms with Gasteiger partial charge in [-0.05, 0) is 42.9 Å². The van der Waals surface area contributed by atoms with Gasteiger partial charge >= 0.3 is 6.03 Å². The number of halogens is 1. The molecule has 0 N–H and O–H groups in total. The molecule has 1 heterocycles. The number of carbonyl (C=O) groups excluding carboxylic acids is 3. The van der Waals surface area contributed by atoms with E-state index >= 15 is 0 Å². The first kappa shape index (κ1) is 17.0. The largest absolute Gasteiger partial charge is 0.333 e. The fourth-order valence-corrected chi connectivity index (χ4v) is 3.73. The van der Waals surface area contributed by atoms with Crippen molar-refractivity contribution in [2.24, 2.45) is 5.92 Å². The van der Waals surface area contributed by atoms with Crippen LogP contribution in [0.25, 0.3) is 0 Å². The van der Waals surface area contributed by atoms with Gasteiger partial charge in [0.05, 0.1) is 0 Å². The highest BCUT2D eigenvalue weighted by atomic mass is 35.5. The molecule has 1 aliphatic carbocycles. The fraction of sp³-hybridized carbons (Fsp3) is 0.500. The molecule has 4 amide bonds. The number of hydrogen-bond acceptors (Lipinski definition) is 3. The van der Waals surface area contributed by atoms with Crippen molar-refractivity contribution in [1.29, 1.82) is 0 Å². The molecule has 1 aromatic carbocycles. The molecule has 0 aromatic heterocycles. The monoisotopic (exact) mass is 348 g/mol. The average molecular weight is 349 g/mol. The normalized spacial score (nSPS) is 24.8. The third-order valence-electron chi connectivity index (χ3n) is 4.99. The van der Waals surface area contributed by atoms with Crippen molar-refractivity contribution in [3.63, 3.8) is 0 Å². The maximum atomic E-state index is 12.7. The number of hydrogen-bond donors (Lipinski definition) is 0. The van der Waals surface area contributed by atoms with Crippen LogP contribution in [0.3, 0.4) is 0 Å². The molecule has 5 nitrogen and oxygen atoms in total. The summed E-state index contributed by atoms with van der Waals surface area (Å²) < 4.78 is 0. The van der Waals surface area contributed by atoms with Gasteiger partial charge in [0.2, 0.25) is 11.8 Å². The highest BCUT2D eigenvalue weighted by molar-refractivity contribution is 6.30. The lowest BCUT2D eigenvalue weighted by molar-refractivity contribution is -0.144. The summed E-state index contributed by atoms with van der Waals surface area (Å²) in [6, 6.07) is 6.80. The summed E-state index contributed by atoms with van der Waals surface area (Å²) in [6.07, 6.45) is 3.20. The van der Waals surface area contributed by atoms with E-state index < -0.39 is 11.9 Å². The Balaban J connectivity index is 1.72. The summed E-state index contributed by atoms with van der Waals surface area (Å²) in [5, 5.41) is 0.649. The number of imide groups is 2. The zero-order valence-electron chi connectivity index (χ0n) is 13.7. The zero-order valence-corrected chi connectivity index (χ0v) is 14.5. The minimum absolute atomic E-state index is 0.0730. The predicted octanol–water partition coefficient (Wildman–Crippen LogP) is 3.25. The van der Waals surface area contributed by atoms with E-state index in [1.807, 2.05) is 12.1 Å². The second kappa shape index (κ2) is 6.93. The fourth-order valence-electron chi connectivity index (χ4n) is 3.60. The molecule has 1 aromatic rings. The Kier molecular flexibility index (Phi) is 4.90. The summed E-state index contributed by atoms with van der Waals surface area (Å²) >= 11 is 5.87. The Morgan fingerprint density at radius 2 is 1.79 bits per heavy atom. The second-order valence-corrected chi connectivity index (χ2v) is 7.06. The molecule has 1 aliphatic heterocycles. The molecule has 0 bridgehead atoms. The maximum Gasteiger partial charge on any atom is 0.333 e. The van der Waals surface area contributed by atoms with Crippen LogP contribution in [0, 0.1) is 5.92 Å². The van der Waals surface area contributed by atoms with Crippen LogP contribution in [-0.4, -0.2) is 40.2 Å². The molecule has 6 heteroatoms. The van der Waals surface area contributed by atoms with Crippen molar-refractivity contribution < 1.29 is 14.4 Å². The summed E-state index contributed by atoms with van der Waals surface area (Å²) in [6.45, 7) is 2.34. The molecule has 2 aliphatic rings. The molecule has 0 unspecified atom stereocenters. The maximum absolute atomic E-state index is 12.7. The second-order valence-electron chi connectivity index (χ2n) is 6.62. The number of carbonyl (C=O) groups is 3. The number of benzene rings is 1. The molecule has 3 rings (SSSR count). The molecule has 1 saturated carbocycles. The number of nitrogens with zero attached hydrogens (tertiary/aromatic N) is 2. The van der Waals surface area contributed by atoms with Gasteiger partial charge in [-0.2, -0.15) is 0 Å². The smallest absolute Gasteiger partial charge is 0.274 e. The molecular formula is C18H21ClN2O3. The number of urea groups is 1. The molecule has 0 radical (unpaired) electrons. The van der Waals surface area contributed by atoms with Crippen LogP contribution in [0.5, 0.6) is 0 Å². The van der Waals surface area contributed by atoms with Gasteiger partial charge in [0, 0.05) is 17.6 Å². The van der Waals surface area contributed by atoms with Crippen molar-refractivity contribution in [2.45, 2.75) is 45.1 Å². The molecule has 24 heavy (non-hydrogen) atoms. The summed E-state index contributed by atoms with van der Waals surface area (Å²) in [5.74, 6) is -0.462. The van der Waals surface area contributed by atoms with Gasteiger partial charge in [-0.3, -0.25) is 19.4 Å². The lowest BCUT2D eigenvalue weighted by Crippen LogP contribution is -2.59. The minimum atomic E-state index is -0.455. The first-order valence-electron chi connectivity index (χ1n) is 8.38. The van der Waals surface area contributed by atoms with Gasteiger partial charge in [0.25, 0.3) is 0 Å². The van der Waals surface area contributed by atoms with Gasteiger partial charge < -0.3 is 0 Å². The first-order chi connectivity index (χ1) is 11.5. The third-order valence-corrected chi connectivity index (χ3v) is 5.25. The quantitative estimate of drug-likeness (QED) is 0.785. The van der Waals surface area contributed by atoms with Crippen LogP contribution >= 0.6 is 11.6 Å². The van der Waals surface area contributed by atoms with Gasteiger partial charge in [-0.25, -0.2) is 4.79 Å². The first-order valence-corrected chi connectivity index (χ1v) is 8.76. The molecular weight excluding hydrogens is 328 g/mol. The van der Waals surface area contributed by atoms with Crippen molar-refractivity contribution in [2.75, 3.05) is 6.54 Å². The Bertz CT molecular complexity index is 659. The van der Waals surface area contributed by atoms with Crippen LogP contribution in [0.15, 0.2) is 24.3 Å². The van der Waals surface area contributed by atoms with E-state index in [-0.39, 0.29) is 24.9 Å². The standard InChI is InChI=1S/C18H21ClN2O3/c1-12-3-2-4-15(12)21-17(23)11-16(22)20(18(21)24)10-9-13-5-7-14(19)8-6-13/h5-8,12,15H,2-4,9-11H2,1H3/t12-,15+/m1/s1. The Morgan fingerprint density at radius 1 is 1.08 bits per heavy atom. The van der Waals surface area contributed by atoms with Crippen molar-refractivity contribution in [1.82, 2.24) is 9.80 Å². The number of barbiturate groups is 1. The van der Waals surface area contributed by atoms with E-state index in [1.54, 1.807) is 12.1 Å². The van der Waals surface area contributed by atoms with Crippen molar-refractivity contribution >= 4 is 29.4 Å². The van der Waals surface area contributed by atoms with E-state index in [0.29, 0.717) is 17.4 Å². The number of rotatable bonds is 4. The summed E-state index contributed by atoms with van der Waals surface area (Å²) in [5.41, 5.74) is 0.998. The molecule has 2 atom stereocenters. The highest BCUT2D eigenvalue weighted by Gasteiger charge is 2.43. The van der Waals surface area contributed by atoms with Gasteiger partial charge in [-0.15, -0.1) is 0 Å². The van der Waals surface area contributed by atoms with E-state index in [2.05, 4.69) is 6.92 Å². The van der Waals surface area contributed by atoms with Crippen LogP contribution in [0.1, 0.15) is 38.2 Å². The third kappa shape index (κ3) is 3.31. The van der Waals surface area contributed by atoms with Gasteiger partial charge in [-0.1, -0.05) is 37.1 Å². The van der Waals surface area contributed by atoms with E-state index in [4.69, 9.17) is 11.6 Å². The Hall–Kier alpha value is -1.88. The lowest BCUT2D eigenvalue weighted by Gasteiger charge is -2.37. The number of amides is 4. The minimum Gasteiger partial charge on any atom is -0.274 e. The average Bonchev–Trinajstić information content (AvgIpc) is 2.94. The van der Waals surface area contributed by atoms with Gasteiger partial charge in [0.1, 0.15) is 6.42 Å². The summed E-state index contributed by atoms with van der Waals surface area (Å²) in [4.78, 5) is 39.7. The van der Waals surface area contributed by atoms with E-state index in [1.165, 1.54) is 9.80 Å². The SMILES string of the molecule is C[C@@H]1CCC[C@@H]1N1C(=O)CC(=O)N(CCc2ccc(Cl)cc2)C1=O. The molecule has 0 spiro atoms. The van der Waals surface area contributed by atoms with Crippen molar-refractivity contribution in [3.05, 3.63) is 34.9 Å². The van der Waals surface area contributed by atoms with Crippen LogP contribution in [-0.2, 0) is 16.0 Å². The van der Waals surface area contributed by atoms with Crippen LogP contribution in [0.2, 0.25) is 5.02 Å². The lowest BCUT2D eigenvalue weighted by atomic mass is 10.0. The van der Waals surface area contributed by atoms with Crippen LogP contribution in [0.4, 0.5) is 4.79 Å². The van der Waals surface area contributed by atoms with Crippen LogP contribution < -0.4 is 0 Å². The zero-order chi connectivity index (χ0) is 17.3. The topological polar surface area (TPSA) is 57.7 Å². The molecule has 128 valence electrons. The van der Waals surface area contributed by atoms with Gasteiger partial charge in [0.15, 0.2) is 0 Å². The molecule has 1 saturated heterocycles.